The van der Waals surface area contributed by atoms with Crippen LogP contribution in [0, 0.1) is 11.7 Å². The molecule has 6 nitrogen and oxygen atoms in total. The van der Waals surface area contributed by atoms with Crippen LogP contribution in [0.4, 0.5) is 10.1 Å². The van der Waals surface area contributed by atoms with Gasteiger partial charge >= 0.3 is 0 Å². The van der Waals surface area contributed by atoms with Crippen molar-refractivity contribution in [2.45, 2.75) is 25.3 Å². The average molecular weight is 355 g/mol. The predicted octanol–water partition coefficient (Wildman–Crippen LogP) is -0.109. The molecule has 2 saturated heterocycles. The molecule has 0 aromatic heterocycles. The van der Waals surface area contributed by atoms with Gasteiger partial charge in [0.15, 0.2) is 6.04 Å². The molecule has 2 fully saturated rings. The molecule has 0 radical (unpaired) electrons. The number of piperidine rings is 1. The van der Waals surface area contributed by atoms with E-state index in [-0.39, 0.29) is 40.8 Å². The van der Waals surface area contributed by atoms with Gasteiger partial charge in [-0.2, -0.15) is 0 Å². The summed E-state index contributed by atoms with van der Waals surface area (Å²) in [5.74, 6) is -1.71. The van der Waals surface area contributed by atoms with E-state index in [1.165, 1.54) is 12.1 Å². The van der Waals surface area contributed by atoms with Crippen molar-refractivity contribution >= 4 is 35.0 Å². The second kappa shape index (κ2) is 6.49. The maximum absolute atomic E-state index is 13.3. The van der Waals surface area contributed by atoms with Gasteiger partial charge in [0.05, 0.1) is 30.2 Å². The number of anilines is 1. The van der Waals surface area contributed by atoms with Crippen LogP contribution >= 0.6 is 11.6 Å². The molecule has 0 aliphatic carbocycles. The molecule has 2 aliphatic heterocycles. The highest BCUT2D eigenvalue weighted by Gasteiger charge is 2.46. The minimum Gasteiger partial charge on any atom is -0.369 e. The normalized spacial score (nSPS) is 27.6. The van der Waals surface area contributed by atoms with E-state index in [1.807, 2.05) is 0 Å². The van der Waals surface area contributed by atoms with Crippen LogP contribution < -0.4 is 15.5 Å². The zero-order chi connectivity index (χ0) is 17.4. The Morgan fingerprint density at radius 1 is 1.29 bits per heavy atom. The largest absolute Gasteiger partial charge is 0.369 e. The molecule has 2 aliphatic rings. The van der Waals surface area contributed by atoms with Gasteiger partial charge in [0.2, 0.25) is 11.8 Å². The number of halogens is 2. The molecule has 1 aromatic carbocycles. The summed E-state index contributed by atoms with van der Waals surface area (Å²) in [7, 11) is 0. The number of carbonyl (C=O) groups is 3. The summed E-state index contributed by atoms with van der Waals surface area (Å²) in [4.78, 5) is 38.3. The van der Waals surface area contributed by atoms with Gasteiger partial charge in [0.1, 0.15) is 5.82 Å². The van der Waals surface area contributed by atoms with Gasteiger partial charge in [-0.05, 0) is 18.2 Å². The molecule has 3 N–H and O–H groups in total. The summed E-state index contributed by atoms with van der Waals surface area (Å²) in [6.45, 7) is 1.24. The lowest BCUT2D eigenvalue weighted by Gasteiger charge is -2.30. The number of hydrogen-bond donors (Lipinski definition) is 2. The Morgan fingerprint density at radius 2 is 1.96 bits per heavy atom. The van der Waals surface area contributed by atoms with Crippen LogP contribution in [-0.4, -0.2) is 36.9 Å². The van der Waals surface area contributed by atoms with Crippen molar-refractivity contribution in [2.75, 3.05) is 18.0 Å². The number of nitrogens with one attached hydrogen (secondary N) is 1. The molecule has 24 heavy (non-hydrogen) atoms. The minimum absolute atomic E-state index is 0.102. The predicted molar refractivity (Wildman–Crippen MR) is 84.9 cm³/mol. The standard InChI is InChI=1S/C16H17ClFN3O3/c17-11-7-10(1-2-12(11)18)21-14(22)8-13(16(21)24)20-5-3-9(4-6-20)15(19)23/h1-2,7,9,13H,3-6,8H2,(H2,19,23)/p+1/t13-/m0/s1. The van der Waals surface area contributed by atoms with Crippen LogP contribution in [0.15, 0.2) is 18.2 Å². The molecule has 3 amide bonds. The molecule has 0 saturated carbocycles. The lowest BCUT2D eigenvalue weighted by molar-refractivity contribution is -0.920. The van der Waals surface area contributed by atoms with E-state index in [0.29, 0.717) is 25.9 Å². The SMILES string of the molecule is NC(=O)C1CC[NH+]([C@H]2CC(=O)N(c3ccc(F)c(Cl)c3)C2=O)CC1. The molecular weight excluding hydrogens is 337 g/mol. The Hall–Kier alpha value is -1.99. The van der Waals surface area contributed by atoms with E-state index < -0.39 is 11.9 Å². The highest BCUT2D eigenvalue weighted by atomic mass is 35.5. The average Bonchev–Trinajstić information content (AvgIpc) is 2.85. The Morgan fingerprint density at radius 3 is 2.54 bits per heavy atom. The van der Waals surface area contributed by atoms with E-state index in [4.69, 9.17) is 17.3 Å². The number of benzene rings is 1. The van der Waals surface area contributed by atoms with E-state index in [1.54, 1.807) is 0 Å². The van der Waals surface area contributed by atoms with E-state index in [0.717, 1.165) is 15.9 Å². The van der Waals surface area contributed by atoms with Gasteiger partial charge in [-0.15, -0.1) is 0 Å². The van der Waals surface area contributed by atoms with Crippen molar-refractivity contribution in [3.05, 3.63) is 29.0 Å². The molecule has 1 aromatic rings. The van der Waals surface area contributed by atoms with Crippen LogP contribution in [-0.2, 0) is 14.4 Å². The van der Waals surface area contributed by atoms with Gasteiger partial charge in [-0.3, -0.25) is 14.4 Å². The molecule has 0 spiro atoms. The Labute approximate surface area is 143 Å². The van der Waals surface area contributed by atoms with Crippen LogP contribution in [0.3, 0.4) is 0 Å². The second-order valence-electron chi connectivity index (χ2n) is 6.26. The fourth-order valence-corrected chi connectivity index (χ4v) is 3.64. The van der Waals surface area contributed by atoms with Gasteiger partial charge < -0.3 is 10.6 Å². The number of rotatable bonds is 3. The van der Waals surface area contributed by atoms with Crippen LogP contribution in [0.2, 0.25) is 5.02 Å². The summed E-state index contributed by atoms with van der Waals surface area (Å²) < 4.78 is 13.3. The number of likely N-dealkylation sites (tertiary alicyclic amines) is 1. The Kier molecular flexibility index (Phi) is 4.56. The number of carbonyl (C=O) groups excluding carboxylic acids is 3. The van der Waals surface area contributed by atoms with Crippen molar-refractivity contribution < 1.29 is 23.7 Å². The van der Waals surface area contributed by atoms with Crippen LogP contribution in [0.25, 0.3) is 0 Å². The van der Waals surface area contributed by atoms with E-state index in [2.05, 4.69) is 0 Å². The quantitative estimate of drug-likeness (QED) is 0.743. The molecule has 2 heterocycles. The van der Waals surface area contributed by atoms with Gasteiger partial charge in [0.25, 0.3) is 5.91 Å². The number of imide groups is 1. The van der Waals surface area contributed by atoms with Gasteiger partial charge in [-0.25, -0.2) is 9.29 Å². The number of nitrogens with two attached hydrogens (primary N) is 1. The zero-order valence-electron chi connectivity index (χ0n) is 12.9. The molecule has 0 bridgehead atoms. The highest BCUT2D eigenvalue weighted by Crippen LogP contribution is 2.27. The van der Waals surface area contributed by atoms with Crippen molar-refractivity contribution in [1.29, 1.82) is 0 Å². The van der Waals surface area contributed by atoms with Gasteiger partial charge in [-0.1, -0.05) is 11.6 Å². The molecule has 3 rings (SSSR count). The lowest BCUT2D eigenvalue weighted by Crippen LogP contribution is -3.17. The third-order valence-electron chi connectivity index (χ3n) is 4.83. The fraction of sp³-hybridized carbons (Fsp3) is 0.438. The first kappa shape index (κ1) is 16.9. The van der Waals surface area contributed by atoms with Crippen molar-refractivity contribution in [3.8, 4) is 0 Å². The summed E-state index contributed by atoms with van der Waals surface area (Å²) in [5, 5.41) is -0.133. The third-order valence-corrected chi connectivity index (χ3v) is 5.12. The molecule has 1 atom stereocenters. The first-order chi connectivity index (χ1) is 11.4. The molecule has 128 valence electrons. The smallest absolute Gasteiger partial charge is 0.292 e. The van der Waals surface area contributed by atoms with Crippen molar-refractivity contribution in [2.24, 2.45) is 11.7 Å². The first-order valence-electron chi connectivity index (χ1n) is 7.84. The maximum atomic E-state index is 13.3. The van der Waals surface area contributed by atoms with Crippen LogP contribution in [0.5, 0.6) is 0 Å². The number of quaternary nitrogens is 1. The number of nitrogens with zero attached hydrogens (tertiary/aromatic N) is 1. The van der Waals surface area contributed by atoms with Gasteiger partial charge in [0, 0.05) is 18.8 Å². The number of amides is 3. The monoisotopic (exact) mass is 354 g/mol. The Bertz CT molecular complexity index is 704. The summed E-state index contributed by atoms with van der Waals surface area (Å²) >= 11 is 5.75. The van der Waals surface area contributed by atoms with Crippen molar-refractivity contribution in [1.82, 2.24) is 0 Å². The second-order valence-corrected chi connectivity index (χ2v) is 6.66. The molecular formula is C16H18ClFN3O3+. The summed E-state index contributed by atoms with van der Waals surface area (Å²) in [6.07, 6.45) is 1.33. The summed E-state index contributed by atoms with van der Waals surface area (Å²) in [6, 6.07) is 3.31. The van der Waals surface area contributed by atoms with Crippen molar-refractivity contribution in [3.63, 3.8) is 0 Å². The molecule has 8 heteroatoms. The van der Waals surface area contributed by atoms with Crippen LogP contribution in [0.1, 0.15) is 19.3 Å². The molecule has 0 unspecified atom stereocenters. The number of primary amides is 1. The summed E-state index contributed by atoms with van der Waals surface area (Å²) in [5.41, 5.74) is 5.60. The number of hydrogen-bond acceptors (Lipinski definition) is 3. The first-order valence-corrected chi connectivity index (χ1v) is 8.22. The lowest BCUT2D eigenvalue weighted by atomic mass is 9.95. The Balaban J connectivity index is 1.75. The zero-order valence-corrected chi connectivity index (χ0v) is 13.7. The highest BCUT2D eigenvalue weighted by molar-refractivity contribution is 6.31. The van der Waals surface area contributed by atoms with E-state index >= 15 is 0 Å². The minimum atomic E-state index is -0.602. The third kappa shape index (κ3) is 3.01. The maximum Gasteiger partial charge on any atom is 0.292 e. The fourth-order valence-electron chi connectivity index (χ4n) is 3.47. The topological polar surface area (TPSA) is 84.9 Å². The van der Waals surface area contributed by atoms with E-state index in [9.17, 15) is 18.8 Å².